The van der Waals surface area contributed by atoms with Crippen LogP contribution in [0.15, 0.2) is 24.3 Å². The lowest BCUT2D eigenvalue weighted by molar-refractivity contribution is -0.384. The molecule has 2 aliphatic heterocycles. The minimum absolute atomic E-state index is 0.0885. The third-order valence-corrected chi connectivity index (χ3v) is 4.38. The Balaban J connectivity index is 1.77. The number of nitro benzene ring substituents is 1. The lowest BCUT2D eigenvalue weighted by atomic mass is 10.1. The summed E-state index contributed by atoms with van der Waals surface area (Å²) in [4.78, 5) is 38.0. The monoisotopic (exact) mass is 319 g/mol. The average molecular weight is 319 g/mol. The van der Waals surface area contributed by atoms with E-state index in [1.54, 1.807) is 0 Å². The predicted octanol–water partition coefficient (Wildman–Crippen LogP) is 0.683. The number of aliphatic hydroxyl groups excluding tert-OH is 1. The SMILES string of the molecule is O=C1C[C@@H](N2CCC(O)CC2)C(=O)N1c1ccc([N+](=O)[O-])cc1. The van der Waals surface area contributed by atoms with Crippen LogP contribution >= 0.6 is 0 Å². The van der Waals surface area contributed by atoms with Crippen LogP contribution in [-0.2, 0) is 9.59 Å². The molecule has 8 heteroatoms. The van der Waals surface area contributed by atoms with E-state index in [4.69, 9.17) is 0 Å². The number of aliphatic hydroxyl groups is 1. The van der Waals surface area contributed by atoms with Crippen molar-refractivity contribution < 1.29 is 19.6 Å². The summed E-state index contributed by atoms with van der Waals surface area (Å²) in [6.07, 6.45) is 0.945. The maximum absolute atomic E-state index is 12.6. The topological polar surface area (TPSA) is 104 Å². The van der Waals surface area contributed by atoms with Crippen molar-refractivity contribution in [2.45, 2.75) is 31.4 Å². The number of carbonyl (C=O) groups is 2. The van der Waals surface area contributed by atoms with Crippen molar-refractivity contribution in [3.8, 4) is 0 Å². The van der Waals surface area contributed by atoms with E-state index in [0.29, 0.717) is 31.6 Å². The number of anilines is 1. The summed E-state index contributed by atoms with van der Waals surface area (Å²) in [6.45, 7) is 1.16. The molecule has 0 aromatic heterocycles. The zero-order valence-electron chi connectivity index (χ0n) is 12.4. The Hall–Kier alpha value is -2.32. The van der Waals surface area contributed by atoms with Gasteiger partial charge < -0.3 is 5.11 Å². The van der Waals surface area contributed by atoms with Gasteiger partial charge in [0.05, 0.1) is 29.2 Å². The Morgan fingerprint density at radius 2 is 1.74 bits per heavy atom. The van der Waals surface area contributed by atoms with Gasteiger partial charge >= 0.3 is 0 Å². The molecular weight excluding hydrogens is 302 g/mol. The Bertz CT molecular complexity index is 637. The van der Waals surface area contributed by atoms with Gasteiger partial charge in [-0.1, -0.05) is 0 Å². The summed E-state index contributed by atoms with van der Waals surface area (Å²) in [5.41, 5.74) is 0.263. The van der Waals surface area contributed by atoms with E-state index in [9.17, 15) is 24.8 Å². The summed E-state index contributed by atoms with van der Waals surface area (Å²) in [6, 6.07) is 4.87. The highest BCUT2D eigenvalue weighted by molar-refractivity contribution is 6.22. The summed E-state index contributed by atoms with van der Waals surface area (Å²) in [5, 5.41) is 20.2. The van der Waals surface area contributed by atoms with Gasteiger partial charge in [-0.2, -0.15) is 0 Å². The van der Waals surface area contributed by atoms with Crippen molar-refractivity contribution in [1.82, 2.24) is 4.90 Å². The van der Waals surface area contributed by atoms with Gasteiger partial charge in [-0.05, 0) is 25.0 Å². The first-order valence-electron chi connectivity index (χ1n) is 7.51. The Morgan fingerprint density at radius 1 is 1.13 bits per heavy atom. The van der Waals surface area contributed by atoms with Crippen LogP contribution < -0.4 is 4.90 Å². The molecule has 2 aliphatic rings. The molecule has 122 valence electrons. The molecule has 0 saturated carbocycles. The normalized spacial score (nSPS) is 23.5. The van der Waals surface area contributed by atoms with Crippen molar-refractivity contribution >= 4 is 23.2 Å². The van der Waals surface area contributed by atoms with E-state index < -0.39 is 11.0 Å². The number of hydrogen-bond acceptors (Lipinski definition) is 6. The van der Waals surface area contributed by atoms with Gasteiger partial charge in [0.2, 0.25) is 5.91 Å². The van der Waals surface area contributed by atoms with Gasteiger partial charge in [0.25, 0.3) is 11.6 Å². The first-order chi connectivity index (χ1) is 11.0. The fourth-order valence-electron chi connectivity index (χ4n) is 3.09. The van der Waals surface area contributed by atoms with Gasteiger partial charge in [-0.25, -0.2) is 4.90 Å². The van der Waals surface area contributed by atoms with E-state index in [0.717, 1.165) is 4.90 Å². The van der Waals surface area contributed by atoms with Crippen LogP contribution in [0.1, 0.15) is 19.3 Å². The third-order valence-electron chi connectivity index (χ3n) is 4.38. The van der Waals surface area contributed by atoms with E-state index in [2.05, 4.69) is 0 Å². The van der Waals surface area contributed by atoms with Crippen molar-refractivity contribution in [3.05, 3.63) is 34.4 Å². The number of carbonyl (C=O) groups excluding carboxylic acids is 2. The number of hydrogen-bond donors (Lipinski definition) is 1. The van der Waals surface area contributed by atoms with Crippen molar-refractivity contribution in [3.63, 3.8) is 0 Å². The number of piperidine rings is 1. The molecule has 1 N–H and O–H groups in total. The van der Waals surface area contributed by atoms with E-state index >= 15 is 0 Å². The smallest absolute Gasteiger partial charge is 0.269 e. The molecule has 2 heterocycles. The van der Waals surface area contributed by atoms with Crippen LogP contribution in [0.5, 0.6) is 0 Å². The molecule has 8 nitrogen and oxygen atoms in total. The fourth-order valence-corrected chi connectivity index (χ4v) is 3.09. The number of non-ortho nitro benzene ring substituents is 1. The molecule has 0 radical (unpaired) electrons. The lowest BCUT2D eigenvalue weighted by Gasteiger charge is -2.32. The Morgan fingerprint density at radius 3 is 2.30 bits per heavy atom. The van der Waals surface area contributed by atoms with E-state index in [1.165, 1.54) is 24.3 Å². The summed E-state index contributed by atoms with van der Waals surface area (Å²) >= 11 is 0. The van der Waals surface area contributed by atoms with E-state index in [1.807, 2.05) is 4.90 Å². The lowest BCUT2D eigenvalue weighted by Crippen LogP contribution is -2.46. The molecule has 0 spiro atoms. The molecule has 2 saturated heterocycles. The van der Waals surface area contributed by atoms with Crippen LogP contribution in [-0.4, -0.2) is 52.0 Å². The highest BCUT2D eigenvalue weighted by Crippen LogP contribution is 2.28. The predicted molar refractivity (Wildman–Crippen MR) is 80.8 cm³/mol. The molecule has 0 aliphatic carbocycles. The zero-order valence-corrected chi connectivity index (χ0v) is 12.4. The standard InChI is InChI=1S/C15H17N3O5/c19-12-5-7-16(8-6-12)13-9-14(20)17(15(13)21)10-1-3-11(4-2-10)18(22)23/h1-4,12-13,19H,5-9H2/t13-/m1/s1. The maximum atomic E-state index is 12.6. The minimum Gasteiger partial charge on any atom is -0.393 e. The van der Waals surface area contributed by atoms with Gasteiger partial charge in [0, 0.05) is 25.2 Å². The van der Waals surface area contributed by atoms with Crippen LogP contribution in [0.25, 0.3) is 0 Å². The summed E-state index contributed by atoms with van der Waals surface area (Å²) < 4.78 is 0. The van der Waals surface area contributed by atoms with Gasteiger partial charge in [-0.15, -0.1) is 0 Å². The highest BCUT2D eigenvalue weighted by Gasteiger charge is 2.43. The molecule has 1 aromatic rings. The number of nitro groups is 1. The van der Waals surface area contributed by atoms with Crippen LogP contribution in [0, 0.1) is 10.1 Å². The second-order valence-electron chi connectivity index (χ2n) is 5.83. The molecule has 1 aromatic carbocycles. The number of likely N-dealkylation sites (tertiary alicyclic amines) is 1. The largest absolute Gasteiger partial charge is 0.393 e. The number of benzene rings is 1. The van der Waals surface area contributed by atoms with Gasteiger partial charge in [0.15, 0.2) is 0 Å². The zero-order chi connectivity index (χ0) is 16.6. The quantitative estimate of drug-likeness (QED) is 0.499. The summed E-state index contributed by atoms with van der Waals surface area (Å²) in [5.74, 6) is -0.611. The molecule has 3 rings (SSSR count). The molecule has 0 unspecified atom stereocenters. The van der Waals surface area contributed by atoms with Crippen LogP contribution in [0.4, 0.5) is 11.4 Å². The first kappa shape index (κ1) is 15.6. The number of nitrogens with zero attached hydrogens (tertiary/aromatic N) is 3. The first-order valence-corrected chi connectivity index (χ1v) is 7.51. The number of imide groups is 1. The highest BCUT2D eigenvalue weighted by atomic mass is 16.6. The minimum atomic E-state index is -0.529. The fraction of sp³-hybridized carbons (Fsp3) is 0.467. The molecule has 0 bridgehead atoms. The average Bonchev–Trinajstić information content (AvgIpc) is 2.83. The number of amides is 2. The summed E-state index contributed by atoms with van der Waals surface area (Å²) in [7, 11) is 0. The van der Waals surface area contributed by atoms with Crippen molar-refractivity contribution in [1.29, 1.82) is 0 Å². The second-order valence-corrected chi connectivity index (χ2v) is 5.83. The van der Waals surface area contributed by atoms with Crippen molar-refractivity contribution in [2.75, 3.05) is 18.0 Å². The Kier molecular flexibility index (Phi) is 4.10. The van der Waals surface area contributed by atoms with E-state index in [-0.39, 0.29) is 30.0 Å². The molecule has 2 fully saturated rings. The van der Waals surface area contributed by atoms with Crippen LogP contribution in [0.2, 0.25) is 0 Å². The Labute approximate surface area is 132 Å². The molecular formula is C15H17N3O5. The molecule has 23 heavy (non-hydrogen) atoms. The van der Waals surface area contributed by atoms with Gasteiger partial charge in [-0.3, -0.25) is 24.6 Å². The maximum Gasteiger partial charge on any atom is 0.269 e. The number of rotatable bonds is 3. The molecule has 2 amide bonds. The molecule has 1 atom stereocenters. The van der Waals surface area contributed by atoms with Crippen LogP contribution in [0.3, 0.4) is 0 Å². The van der Waals surface area contributed by atoms with Gasteiger partial charge in [0.1, 0.15) is 0 Å². The second kappa shape index (κ2) is 6.05. The van der Waals surface area contributed by atoms with Crippen molar-refractivity contribution in [2.24, 2.45) is 0 Å². The third kappa shape index (κ3) is 2.95.